The van der Waals surface area contributed by atoms with Crippen LogP contribution in [0.15, 0.2) is 59.5 Å². The Balaban J connectivity index is 1.23. The number of anilines is 2. The normalized spacial score (nSPS) is 13.5. The largest absolute Gasteiger partial charge is 0.496 e. The minimum absolute atomic E-state index is 0.110. The Kier molecular flexibility index (Phi) is 8.93. The summed E-state index contributed by atoms with van der Waals surface area (Å²) in [6.45, 7) is 8.65. The molecule has 1 aliphatic rings. The summed E-state index contributed by atoms with van der Waals surface area (Å²) in [5, 5.41) is 5.37. The van der Waals surface area contributed by atoms with Crippen molar-refractivity contribution >= 4 is 29.1 Å². The number of aromatic nitrogens is 1. The van der Waals surface area contributed by atoms with Crippen molar-refractivity contribution in [3.8, 4) is 22.8 Å². The summed E-state index contributed by atoms with van der Waals surface area (Å²) in [6.07, 6.45) is 3.37. The zero-order chi connectivity index (χ0) is 28.7. The molecule has 3 amide bonds. The van der Waals surface area contributed by atoms with Gasteiger partial charge in [0.1, 0.15) is 11.5 Å². The van der Waals surface area contributed by atoms with Gasteiger partial charge in [0.2, 0.25) is 5.91 Å². The third-order valence-electron chi connectivity index (χ3n) is 6.74. The second-order valence-corrected chi connectivity index (χ2v) is 10.2. The molecule has 2 heterocycles. The van der Waals surface area contributed by atoms with Crippen LogP contribution in [0.4, 0.5) is 11.4 Å². The Morgan fingerprint density at radius 1 is 1.02 bits per heavy atom. The van der Waals surface area contributed by atoms with Crippen LogP contribution < -0.4 is 25.0 Å². The van der Waals surface area contributed by atoms with Crippen molar-refractivity contribution in [3.05, 3.63) is 55.1 Å². The van der Waals surface area contributed by atoms with Gasteiger partial charge in [0.25, 0.3) is 0 Å². The minimum Gasteiger partial charge on any atom is -0.496 e. The first kappa shape index (κ1) is 28.5. The van der Waals surface area contributed by atoms with Gasteiger partial charge in [-0.05, 0) is 50.2 Å². The summed E-state index contributed by atoms with van der Waals surface area (Å²) < 4.78 is 16.6. The van der Waals surface area contributed by atoms with E-state index in [2.05, 4.69) is 20.5 Å². The van der Waals surface area contributed by atoms with E-state index in [-0.39, 0.29) is 5.91 Å². The molecular formula is C29H35N5O6. The van der Waals surface area contributed by atoms with Crippen molar-refractivity contribution < 1.29 is 28.3 Å². The molecule has 0 spiro atoms. The third kappa shape index (κ3) is 7.31. The fraction of sp³-hybridized carbons (Fsp3) is 0.379. The van der Waals surface area contributed by atoms with Gasteiger partial charge in [-0.2, -0.15) is 0 Å². The molecule has 2 N–H and O–H groups in total. The average molecular weight is 550 g/mol. The van der Waals surface area contributed by atoms with Gasteiger partial charge in [-0.3, -0.25) is 14.4 Å². The quantitative estimate of drug-likeness (QED) is 0.390. The molecule has 1 aromatic heterocycles. The van der Waals surface area contributed by atoms with Crippen molar-refractivity contribution in [1.29, 1.82) is 0 Å². The fourth-order valence-corrected chi connectivity index (χ4v) is 4.39. The molecule has 1 saturated heterocycles. The van der Waals surface area contributed by atoms with Gasteiger partial charge in [-0.25, -0.2) is 4.98 Å². The first-order valence-corrected chi connectivity index (χ1v) is 13.1. The second kappa shape index (κ2) is 12.5. The lowest BCUT2D eigenvalue weighted by Crippen LogP contribution is -2.48. The molecule has 40 heavy (non-hydrogen) atoms. The molecule has 11 heteroatoms. The molecule has 1 fully saturated rings. The van der Waals surface area contributed by atoms with Gasteiger partial charge in [0.05, 0.1) is 25.5 Å². The number of amides is 3. The predicted octanol–water partition coefficient (Wildman–Crippen LogP) is 3.32. The van der Waals surface area contributed by atoms with Gasteiger partial charge in [-0.1, -0.05) is 0 Å². The Morgan fingerprint density at radius 2 is 1.75 bits per heavy atom. The summed E-state index contributed by atoms with van der Waals surface area (Å²) >= 11 is 0. The van der Waals surface area contributed by atoms with Crippen LogP contribution in [0.2, 0.25) is 0 Å². The zero-order valence-corrected chi connectivity index (χ0v) is 23.2. The maximum Gasteiger partial charge on any atom is 0.313 e. The van der Waals surface area contributed by atoms with E-state index in [9.17, 15) is 14.4 Å². The van der Waals surface area contributed by atoms with Crippen molar-refractivity contribution in [1.82, 2.24) is 15.2 Å². The topological polar surface area (TPSA) is 126 Å². The van der Waals surface area contributed by atoms with Crippen molar-refractivity contribution in [2.45, 2.75) is 32.7 Å². The standard InChI is InChI=1S/C29H35N5O6/c1-20(35)33-12-14-34(15-13-33)22-6-8-23(9-7-22)39-16-11-29(2,3)32-28(37)27(36)31-21-5-10-24(25(17-21)38-4)26-18-30-19-40-26/h5-10,17-19H,11-16H2,1-4H3,(H,31,36)(H,32,37). The number of rotatable bonds is 9. The molecule has 0 saturated carbocycles. The molecule has 212 valence electrons. The number of benzene rings is 2. The molecule has 0 atom stereocenters. The summed E-state index contributed by atoms with van der Waals surface area (Å²) in [5.74, 6) is 0.278. The highest BCUT2D eigenvalue weighted by atomic mass is 16.5. The van der Waals surface area contributed by atoms with Crippen LogP contribution in [0.1, 0.15) is 27.2 Å². The molecule has 0 bridgehead atoms. The zero-order valence-electron chi connectivity index (χ0n) is 23.2. The van der Waals surface area contributed by atoms with Gasteiger partial charge in [0.15, 0.2) is 12.2 Å². The van der Waals surface area contributed by atoms with E-state index in [0.29, 0.717) is 41.5 Å². The van der Waals surface area contributed by atoms with Gasteiger partial charge in [-0.15, -0.1) is 0 Å². The van der Waals surface area contributed by atoms with Crippen molar-refractivity contribution in [2.24, 2.45) is 0 Å². The first-order chi connectivity index (χ1) is 19.1. The Hall–Kier alpha value is -4.54. The lowest BCUT2D eigenvalue weighted by molar-refractivity contribution is -0.137. The molecule has 0 aliphatic carbocycles. The number of nitrogens with one attached hydrogen (secondary N) is 2. The highest BCUT2D eigenvalue weighted by Gasteiger charge is 2.25. The first-order valence-electron chi connectivity index (χ1n) is 13.1. The van der Waals surface area contributed by atoms with Crippen LogP contribution in [0, 0.1) is 0 Å². The number of ether oxygens (including phenoxy) is 2. The van der Waals surface area contributed by atoms with E-state index in [0.717, 1.165) is 31.9 Å². The minimum atomic E-state index is -0.789. The van der Waals surface area contributed by atoms with Gasteiger partial charge < -0.3 is 34.3 Å². The summed E-state index contributed by atoms with van der Waals surface area (Å²) in [5.41, 5.74) is 1.48. The second-order valence-electron chi connectivity index (χ2n) is 10.2. The van der Waals surface area contributed by atoms with Crippen molar-refractivity contribution in [2.75, 3.05) is 50.1 Å². The van der Waals surface area contributed by atoms with Crippen LogP contribution in [0.5, 0.6) is 11.5 Å². The highest BCUT2D eigenvalue weighted by molar-refractivity contribution is 6.39. The molecule has 0 unspecified atom stereocenters. The summed E-state index contributed by atoms with van der Waals surface area (Å²) in [7, 11) is 1.51. The number of piperazine rings is 1. The van der Waals surface area contributed by atoms with Gasteiger partial charge in [0, 0.05) is 62.5 Å². The molecule has 3 aromatic rings. The third-order valence-corrected chi connectivity index (χ3v) is 6.74. The molecule has 11 nitrogen and oxygen atoms in total. The van der Waals surface area contributed by atoms with E-state index in [4.69, 9.17) is 13.9 Å². The number of oxazole rings is 1. The van der Waals surface area contributed by atoms with Crippen LogP contribution in [0.25, 0.3) is 11.3 Å². The summed E-state index contributed by atoms with van der Waals surface area (Å²) in [6, 6.07) is 12.8. The van der Waals surface area contributed by atoms with Crippen LogP contribution >= 0.6 is 0 Å². The number of nitrogens with zero attached hydrogens (tertiary/aromatic N) is 3. The molecule has 0 radical (unpaired) electrons. The number of hydrogen-bond donors (Lipinski definition) is 2. The van der Waals surface area contributed by atoms with E-state index in [1.54, 1.807) is 31.3 Å². The van der Waals surface area contributed by atoms with Crippen LogP contribution in [0.3, 0.4) is 0 Å². The molecule has 1 aliphatic heterocycles. The van der Waals surface area contributed by atoms with Crippen LogP contribution in [-0.4, -0.2) is 73.0 Å². The lowest BCUT2D eigenvalue weighted by atomic mass is 10.0. The number of carbonyl (C=O) groups is 3. The smallest absolute Gasteiger partial charge is 0.313 e. The molecule has 2 aromatic carbocycles. The monoisotopic (exact) mass is 549 g/mol. The maximum atomic E-state index is 12.6. The Bertz CT molecular complexity index is 1320. The van der Waals surface area contributed by atoms with Gasteiger partial charge >= 0.3 is 11.8 Å². The van der Waals surface area contributed by atoms with E-state index >= 15 is 0 Å². The highest BCUT2D eigenvalue weighted by Crippen LogP contribution is 2.32. The Labute approximate surface area is 233 Å². The van der Waals surface area contributed by atoms with E-state index < -0.39 is 17.4 Å². The fourth-order valence-electron chi connectivity index (χ4n) is 4.39. The summed E-state index contributed by atoms with van der Waals surface area (Å²) in [4.78, 5) is 44.7. The maximum absolute atomic E-state index is 12.6. The van der Waals surface area contributed by atoms with Crippen LogP contribution in [-0.2, 0) is 14.4 Å². The molecular weight excluding hydrogens is 514 g/mol. The number of carbonyl (C=O) groups excluding carboxylic acids is 3. The predicted molar refractivity (Wildman–Crippen MR) is 150 cm³/mol. The molecule has 4 rings (SSSR count). The lowest BCUT2D eigenvalue weighted by Gasteiger charge is -2.35. The van der Waals surface area contributed by atoms with Crippen molar-refractivity contribution in [3.63, 3.8) is 0 Å². The number of methoxy groups -OCH3 is 1. The SMILES string of the molecule is COc1cc(NC(=O)C(=O)NC(C)(C)CCOc2ccc(N3CCN(C(C)=O)CC3)cc2)ccc1-c1cnco1. The average Bonchev–Trinajstić information content (AvgIpc) is 3.48. The van der Waals surface area contributed by atoms with E-state index in [1.807, 2.05) is 43.0 Å². The Morgan fingerprint density at radius 3 is 2.38 bits per heavy atom. The number of hydrogen-bond acceptors (Lipinski definition) is 8. The van der Waals surface area contributed by atoms with E-state index in [1.165, 1.54) is 13.5 Å².